The predicted molar refractivity (Wildman–Crippen MR) is 116 cm³/mol. The van der Waals surface area contributed by atoms with E-state index in [1.165, 1.54) is 12.7 Å². The van der Waals surface area contributed by atoms with E-state index in [1.54, 1.807) is 12.1 Å². The summed E-state index contributed by atoms with van der Waals surface area (Å²) in [4.78, 5) is 15.7. The van der Waals surface area contributed by atoms with E-state index in [9.17, 15) is 9.00 Å². The lowest BCUT2D eigenvalue weighted by atomic mass is 10.1. The number of hydrogen-bond donors (Lipinski definition) is 0. The van der Waals surface area contributed by atoms with Gasteiger partial charge in [-0.2, -0.15) is 0 Å². The van der Waals surface area contributed by atoms with Crippen LogP contribution < -0.4 is 4.90 Å². The summed E-state index contributed by atoms with van der Waals surface area (Å²) in [5.41, 5.74) is 3.49. The Kier molecular flexibility index (Phi) is 4.71. The van der Waals surface area contributed by atoms with Gasteiger partial charge in [0.1, 0.15) is 25.3 Å². The normalized spacial score (nSPS) is 17.1. The van der Waals surface area contributed by atoms with Gasteiger partial charge in [0.05, 0.1) is 38.8 Å². The summed E-state index contributed by atoms with van der Waals surface area (Å²) in [6.45, 7) is 2.44. The Bertz CT molecular complexity index is 1200. The minimum absolute atomic E-state index is 0.408. The number of amidine groups is 1. The average Bonchev–Trinajstić information content (AvgIpc) is 3.17. The molecule has 3 aromatic carbocycles. The second kappa shape index (κ2) is 7.54. The number of fused-ring (bicyclic) bond motifs is 5. The minimum Gasteiger partial charge on any atom is -0.465 e. The first-order valence-corrected chi connectivity index (χ1v) is 11.0. The van der Waals surface area contributed by atoms with E-state index in [0.717, 1.165) is 41.6 Å². The largest absolute Gasteiger partial charge is 0.465 e. The van der Waals surface area contributed by atoms with Crippen LogP contribution >= 0.6 is 0 Å². The molecule has 0 aliphatic carbocycles. The standard InChI is InChI=1S/C24H21N2O3S/c1-29-24(27)18-11-12-20-22(15-18)30(28)21-10-6-5-9-19(21)23-25(13-14-26(20)23)16-17-7-3-2-4-8-17/h2-12,15H,13-14,16H2,1H3/q+1/t30-/m1/s1. The highest BCUT2D eigenvalue weighted by Gasteiger charge is 2.40. The van der Waals surface area contributed by atoms with Gasteiger partial charge in [-0.15, -0.1) is 0 Å². The summed E-state index contributed by atoms with van der Waals surface area (Å²) in [6, 6.07) is 23.5. The van der Waals surface area contributed by atoms with Crippen molar-refractivity contribution in [3.63, 3.8) is 0 Å². The summed E-state index contributed by atoms with van der Waals surface area (Å²) in [5.74, 6) is 0.635. The molecule has 0 bridgehead atoms. The third kappa shape index (κ3) is 3.04. The van der Waals surface area contributed by atoms with Crippen LogP contribution in [0.1, 0.15) is 21.5 Å². The first-order chi connectivity index (χ1) is 14.7. The Morgan fingerprint density at radius 2 is 1.80 bits per heavy atom. The van der Waals surface area contributed by atoms with Crippen molar-refractivity contribution in [1.29, 1.82) is 0 Å². The smallest absolute Gasteiger partial charge is 0.337 e. The van der Waals surface area contributed by atoms with Crippen molar-refractivity contribution >= 4 is 28.3 Å². The van der Waals surface area contributed by atoms with E-state index in [1.807, 2.05) is 48.5 Å². The van der Waals surface area contributed by atoms with Crippen LogP contribution in [0, 0.1) is 0 Å². The molecule has 30 heavy (non-hydrogen) atoms. The predicted octanol–water partition coefficient (Wildman–Crippen LogP) is 3.43. The molecule has 6 heteroatoms. The number of nitrogens with zero attached hydrogens (tertiary/aromatic N) is 2. The van der Waals surface area contributed by atoms with Gasteiger partial charge >= 0.3 is 5.97 Å². The number of hydrogen-bond acceptors (Lipinski definition) is 4. The van der Waals surface area contributed by atoms with Crippen LogP contribution in [0.15, 0.2) is 82.6 Å². The molecule has 0 radical (unpaired) electrons. The second-order valence-corrected chi connectivity index (χ2v) is 8.74. The quantitative estimate of drug-likeness (QED) is 0.484. The van der Waals surface area contributed by atoms with Crippen molar-refractivity contribution in [3.05, 3.63) is 89.5 Å². The van der Waals surface area contributed by atoms with Gasteiger partial charge in [0.15, 0.2) is 0 Å². The number of carbonyl (C=O) groups excluding carboxylic acids is 1. The number of methoxy groups -OCH3 is 1. The lowest BCUT2D eigenvalue weighted by Gasteiger charge is -2.13. The van der Waals surface area contributed by atoms with Crippen LogP contribution in [0.2, 0.25) is 0 Å². The molecule has 2 aliphatic rings. The zero-order valence-electron chi connectivity index (χ0n) is 16.6. The summed E-state index contributed by atoms with van der Waals surface area (Å²) in [6.07, 6.45) is 0. The number of benzene rings is 3. The molecular formula is C24H21N2O3S+. The molecule has 0 spiro atoms. The number of rotatable bonds is 3. The van der Waals surface area contributed by atoms with Crippen molar-refractivity contribution in [2.45, 2.75) is 16.3 Å². The molecule has 5 rings (SSSR count). The SMILES string of the molecule is COC(=O)c1ccc2c(c1)[S@](=O)c1ccccc1C1=[N+](Cc3ccccc3)CCN12. The summed E-state index contributed by atoms with van der Waals surface area (Å²) >= 11 is 0. The Labute approximate surface area is 177 Å². The topological polar surface area (TPSA) is 49.6 Å². The highest BCUT2D eigenvalue weighted by Crippen LogP contribution is 2.36. The molecule has 0 amide bonds. The van der Waals surface area contributed by atoms with Gasteiger partial charge in [0, 0.05) is 0 Å². The maximum Gasteiger partial charge on any atom is 0.337 e. The Balaban J connectivity index is 1.71. The molecule has 0 unspecified atom stereocenters. The minimum atomic E-state index is -1.40. The molecule has 0 aromatic heterocycles. The van der Waals surface area contributed by atoms with Gasteiger partial charge < -0.3 is 4.74 Å². The fraction of sp³-hybridized carbons (Fsp3) is 0.167. The number of anilines is 1. The van der Waals surface area contributed by atoms with Crippen molar-refractivity contribution < 1.29 is 18.3 Å². The third-order valence-corrected chi connectivity index (χ3v) is 7.05. The van der Waals surface area contributed by atoms with E-state index < -0.39 is 16.8 Å². The lowest BCUT2D eigenvalue weighted by molar-refractivity contribution is -0.533. The molecule has 0 saturated carbocycles. The highest BCUT2D eigenvalue weighted by molar-refractivity contribution is 7.85. The summed E-state index contributed by atoms with van der Waals surface area (Å²) in [5, 5.41) is 0. The number of esters is 1. The van der Waals surface area contributed by atoms with Gasteiger partial charge in [-0.3, -0.25) is 4.58 Å². The average molecular weight is 418 g/mol. The zero-order chi connectivity index (χ0) is 20.7. The van der Waals surface area contributed by atoms with Crippen molar-refractivity contribution in [3.8, 4) is 0 Å². The van der Waals surface area contributed by atoms with Gasteiger partial charge in [-0.05, 0) is 35.9 Å². The van der Waals surface area contributed by atoms with Crippen molar-refractivity contribution in [2.24, 2.45) is 0 Å². The second-order valence-electron chi connectivity index (χ2n) is 7.32. The molecule has 150 valence electrons. The first-order valence-electron chi connectivity index (χ1n) is 9.84. The maximum atomic E-state index is 13.6. The van der Waals surface area contributed by atoms with Crippen molar-refractivity contribution in [1.82, 2.24) is 0 Å². The highest BCUT2D eigenvalue weighted by atomic mass is 32.2. The zero-order valence-corrected chi connectivity index (χ0v) is 17.4. The Hall–Kier alpha value is -3.25. The van der Waals surface area contributed by atoms with Crippen LogP contribution in [-0.4, -0.2) is 40.8 Å². The molecule has 3 aromatic rings. The summed E-state index contributed by atoms with van der Waals surface area (Å²) in [7, 11) is -0.0485. The van der Waals surface area contributed by atoms with E-state index in [0.29, 0.717) is 10.5 Å². The van der Waals surface area contributed by atoms with Crippen molar-refractivity contribution in [2.75, 3.05) is 25.1 Å². The lowest BCUT2D eigenvalue weighted by Crippen LogP contribution is -2.30. The Morgan fingerprint density at radius 3 is 2.60 bits per heavy atom. The van der Waals surface area contributed by atoms with E-state index >= 15 is 0 Å². The van der Waals surface area contributed by atoms with Gasteiger partial charge in [0.25, 0.3) is 5.84 Å². The van der Waals surface area contributed by atoms with Crippen LogP contribution in [-0.2, 0) is 22.1 Å². The number of carbonyl (C=O) groups is 1. The third-order valence-electron chi connectivity index (χ3n) is 5.56. The molecular weight excluding hydrogens is 396 g/mol. The van der Waals surface area contributed by atoms with E-state index in [4.69, 9.17) is 4.74 Å². The maximum absolute atomic E-state index is 13.6. The van der Waals surface area contributed by atoms with E-state index in [2.05, 4.69) is 21.6 Å². The van der Waals surface area contributed by atoms with Gasteiger partial charge in [-0.1, -0.05) is 42.5 Å². The van der Waals surface area contributed by atoms with Gasteiger partial charge in [0.2, 0.25) is 0 Å². The molecule has 0 saturated heterocycles. The van der Waals surface area contributed by atoms with Crippen LogP contribution in [0.25, 0.3) is 0 Å². The van der Waals surface area contributed by atoms with Crippen LogP contribution in [0.5, 0.6) is 0 Å². The fourth-order valence-electron chi connectivity index (χ4n) is 4.17. The summed E-state index contributed by atoms with van der Waals surface area (Å²) < 4.78 is 20.8. The monoisotopic (exact) mass is 417 g/mol. The molecule has 2 aliphatic heterocycles. The van der Waals surface area contributed by atoms with Crippen LogP contribution in [0.4, 0.5) is 5.69 Å². The molecule has 0 N–H and O–H groups in total. The molecule has 0 fully saturated rings. The van der Waals surface area contributed by atoms with Crippen LogP contribution in [0.3, 0.4) is 0 Å². The number of ether oxygens (including phenoxy) is 1. The molecule has 2 heterocycles. The first kappa shape index (κ1) is 18.8. The fourth-order valence-corrected chi connectivity index (χ4v) is 5.57. The molecule has 1 atom stereocenters. The Morgan fingerprint density at radius 1 is 1.03 bits per heavy atom. The molecule has 5 nitrogen and oxygen atoms in total. The van der Waals surface area contributed by atoms with Gasteiger partial charge in [-0.25, -0.2) is 13.9 Å². The van der Waals surface area contributed by atoms with E-state index in [-0.39, 0.29) is 0 Å².